The molecular formula is C2H6N3O3P. The molecule has 0 saturated carbocycles. The number of hydrogen-bond acceptors (Lipinski definition) is 3. The molecular weight excluding hydrogens is 145 g/mol. The molecule has 1 aromatic heterocycles. The summed E-state index contributed by atoms with van der Waals surface area (Å²) in [5.41, 5.74) is 0. The van der Waals surface area contributed by atoms with Crippen LogP contribution in [0.3, 0.4) is 0 Å². The summed E-state index contributed by atoms with van der Waals surface area (Å²) in [6.45, 7) is 0. The fourth-order valence-electron chi connectivity index (χ4n) is 0.167. The van der Waals surface area contributed by atoms with E-state index in [4.69, 9.17) is 14.4 Å². The van der Waals surface area contributed by atoms with E-state index in [9.17, 15) is 0 Å². The third-order valence-corrected chi connectivity index (χ3v) is 0.331. The molecule has 9 heavy (non-hydrogen) atoms. The highest BCUT2D eigenvalue weighted by Gasteiger charge is 1.61. The third-order valence-electron chi connectivity index (χ3n) is 0.331. The summed E-state index contributed by atoms with van der Waals surface area (Å²) in [5, 5.41) is 9.26. The SMILES string of the molecule is O=[PH](O)O.c1c[nH]nn1. The molecule has 0 fully saturated rings. The van der Waals surface area contributed by atoms with Crippen molar-refractivity contribution >= 4 is 8.25 Å². The summed E-state index contributed by atoms with van der Waals surface area (Å²) in [6, 6.07) is 0. The first-order chi connectivity index (χ1) is 4.23. The highest BCUT2D eigenvalue weighted by Crippen LogP contribution is 1.98. The summed E-state index contributed by atoms with van der Waals surface area (Å²) in [6.07, 6.45) is 3.24. The van der Waals surface area contributed by atoms with E-state index in [1.807, 2.05) is 0 Å². The lowest BCUT2D eigenvalue weighted by atomic mass is 11.0. The van der Waals surface area contributed by atoms with Crippen LogP contribution in [-0.4, -0.2) is 25.2 Å². The molecule has 1 rings (SSSR count). The first-order valence-corrected chi connectivity index (χ1v) is 3.26. The van der Waals surface area contributed by atoms with Crippen LogP contribution in [0.2, 0.25) is 0 Å². The number of H-pyrrole nitrogens is 1. The zero-order valence-electron chi connectivity index (χ0n) is 4.35. The normalized spacial score (nSPS) is 8.33. The molecule has 52 valence electrons. The highest BCUT2D eigenvalue weighted by molar-refractivity contribution is 7.30. The standard InChI is InChI=1S/C2H3N3.H3O3P/c1-2-4-5-3-1;1-4(2)3/h1-2H,(H,3,4,5);4H,(H2,1,2,3). The average Bonchev–Trinajstić information content (AvgIpc) is 2.11. The lowest BCUT2D eigenvalue weighted by Crippen LogP contribution is -1.61. The van der Waals surface area contributed by atoms with Gasteiger partial charge in [0.05, 0.1) is 6.20 Å². The molecule has 0 radical (unpaired) electrons. The minimum atomic E-state index is -3.13. The smallest absolute Gasteiger partial charge is 0.314 e. The molecule has 7 heteroatoms. The van der Waals surface area contributed by atoms with E-state index in [2.05, 4.69) is 15.4 Å². The van der Waals surface area contributed by atoms with Crippen molar-refractivity contribution in [3.8, 4) is 0 Å². The summed E-state index contributed by atoms with van der Waals surface area (Å²) in [4.78, 5) is 14.3. The van der Waals surface area contributed by atoms with Gasteiger partial charge in [-0.2, -0.15) is 0 Å². The van der Waals surface area contributed by atoms with Gasteiger partial charge in [-0.3, -0.25) is 9.66 Å². The van der Waals surface area contributed by atoms with Crippen molar-refractivity contribution in [1.29, 1.82) is 0 Å². The van der Waals surface area contributed by atoms with Gasteiger partial charge >= 0.3 is 8.25 Å². The maximum Gasteiger partial charge on any atom is 0.314 e. The largest absolute Gasteiger partial charge is 0.326 e. The second kappa shape index (κ2) is 5.43. The summed E-state index contributed by atoms with van der Waals surface area (Å²) >= 11 is 0. The number of rotatable bonds is 0. The topological polar surface area (TPSA) is 99.1 Å². The highest BCUT2D eigenvalue weighted by atomic mass is 31.1. The molecule has 0 unspecified atom stereocenters. The molecule has 0 atom stereocenters. The molecule has 0 saturated heterocycles. The molecule has 0 aromatic carbocycles. The molecule has 0 aliphatic rings. The Morgan fingerprint density at radius 3 is 2.22 bits per heavy atom. The second-order valence-corrected chi connectivity index (χ2v) is 1.51. The van der Waals surface area contributed by atoms with Crippen molar-refractivity contribution in [2.45, 2.75) is 0 Å². The number of hydrogen-bond donors (Lipinski definition) is 3. The maximum atomic E-state index is 8.74. The van der Waals surface area contributed by atoms with Gasteiger partial charge in [-0.25, -0.2) is 0 Å². The van der Waals surface area contributed by atoms with Crippen LogP contribution in [0, 0.1) is 0 Å². The summed E-state index contributed by atoms with van der Waals surface area (Å²) in [5.74, 6) is 0. The number of aromatic amines is 1. The van der Waals surface area contributed by atoms with Crippen LogP contribution in [0.25, 0.3) is 0 Å². The van der Waals surface area contributed by atoms with Crippen molar-refractivity contribution in [3.05, 3.63) is 12.4 Å². The van der Waals surface area contributed by atoms with Gasteiger partial charge in [-0.1, -0.05) is 5.21 Å². The van der Waals surface area contributed by atoms with E-state index >= 15 is 0 Å². The Kier molecular flexibility index (Phi) is 5.00. The predicted octanol–water partition coefficient (Wildman–Crippen LogP) is -0.835. The fourth-order valence-corrected chi connectivity index (χ4v) is 0.167. The van der Waals surface area contributed by atoms with Crippen LogP contribution in [0.4, 0.5) is 0 Å². The van der Waals surface area contributed by atoms with Crippen molar-refractivity contribution in [2.75, 3.05) is 0 Å². The average molecular weight is 151 g/mol. The summed E-state index contributed by atoms with van der Waals surface area (Å²) < 4.78 is 8.74. The first kappa shape index (κ1) is 8.29. The molecule has 0 bridgehead atoms. The van der Waals surface area contributed by atoms with Gasteiger partial charge in [0.15, 0.2) is 0 Å². The van der Waals surface area contributed by atoms with E-state index in [1.165, 1.54) is 0 Å². The van der Waals surface area contributed by atoms with Crippen LogP contribution < -0.4 is 0 Å². The molecule has 0 aliphatic carbocycles. The van der Waals surface area contributed by atoms with Crippen molar-refractivity contribution in [3.63, 3.8) is 0 Å². The Bertz CT molecular complexity index is 131. The molecule has 1 aromatic rings. The Labute approximate surface area is 51.5 Å². The number of nitrogens with one attached hydrogen (secondary N) is 1. The molecule has 0 aliphatic heterocycles. The molecule has 6 nitrogen and oxygen atoms in total. The quantitative estimate of drug-likeness (QED) is 0.420. The van der Waals surface area contributed by atoms with E-state index < -0.39 is 8.25 Å². The van der Waals surface area contributed by atoms with Crippen LogP contribution in [-0.2, 0) is 4.57 Å². The van der Waals surface area contributed by atoms with E-state index in [-0.39, 0.29) is 0 Å². The molecule has 1 heterocycles. The molecule has 3 N–H and O–H groups in total. The lowest BCUT2D eigenvalue weighted by molar-refractivity contribution is 0.405. The molecule has 0 spiro atoms. The predicted molar refractivity (Wildman–Crippen MR) is 29.8 cm³/mol. The van der Waals surface area contributed by atoms with Gasteiger partial charge in [0.2, 0.25) is 0 Å². The maximum absolute atomic E-state index is 8.74. The number of nitrogens with zero attached hydrogens (tertiary/aromatic N) is 2. The van der Waals surface area contributed by atoms with E-state index in [0.717, 1.165) is 0 Å². The van der Waals surface area contributed by atoms with Gasteiger partial charge < -0.3 is 9.79 Å². The number of aromatic nitrogens is 3. The second-order valence-electron chi connectivity index (χ2n) is 0.943. The Morgan fingerprint density at radius 1 is 1.56 bits per heavy atom. The van der Waals surface area contributed by atoms with Crippen LogP contribution in [0.1, 0.15) is 0 Å². The Morgan fingerprint density at radius 2 is 2.11 bits per heavy atom. The Balaban J connectivity index is 0.000000148. The van der Waals surface area contributed by atoms with Crippen molar-refractivity contribution in [1.82, 2.24) is 15.4 Å². The summed E-state index contributed by atoms with van der Waals surface area (Å²) in [7, 11) is -3.13. The Hall–Kier alpha value is -0.710. The minimum absolute atomic E-state index is 1.58. The molecule has 0 amide bonds. The van der Waals surface area contributed by atoms with Gasteiger partial charge in [-0.05, 0) is 0 Å². The van der Waals surface area contributed by atoms with E-state index in [1.54, 1.807) is 12.4 Å². The lowest BCUT2D eigenvalue weighted by Gasteiger charge is -1.61. The first-order valence-electron chi connectivity index (χ1n) is 1.96. The zero-order valence-corrected chi connectivity index (χ0v) is 5.35. The van der Waals surface area contributed by atoms with Crippen molar-refractivity contribution < 1.29 is 14.4 Å². The van der Waals surface area contributed by atoms with Crippen LogP contribution in [0.15, 0.2) is 12.4 Å². The van der Waals surface area contributed by atoms with Gasteiger partial charge in [0, 0.05) is 6.20 Å². The third kappa shape index (κ3) is 11.1. The fraction of sp³-hybridized carbons (Fsp3) is 0. The van der Waals surface area contributed by atoms with Gasteiger partial charge in [0.25, 0.3) is 0 Å². The monoisotopic (exact) mass is 151 g/mol. The van der Waals surface area contributed by atoms with Gasteiger partial charge in [0.1, 0.15) is 0 Å². The van der Waals surface area contributed by atoms with Crippen LogP contribution in [0.5, 0.6) is 0 Å². The van der Waals surface area contributed by atoms with Crippen LogP contribution >= 0.6 is 8.25 Å². The van der Waals surface area contributed by atoms with Gasteiger partial charge in [-0.15, -0.1) is 5.10 Å². The van der Waals surface area contributed by atoms with Crippen molar-refractivity contribution in [2.24, 2.45) is 0 Å². The minimum Gasteiger partial charge on any atom is -0.326 e. The van der Waals surface area contributed by atoms with E-state index in [0.29, 0.717) is 0 Å². The zero-order chi connectivity index (χ0) is 7.11.